The minimum absolute atomic E-state index is 0.0213. The molecule has 0 atom stereocenters. The van der Waals surface area contributed by atoms with Crippen LogP contribution in [-0.4, -0.2) is 23.0 Å². The molecule has 0 spiro atoms. The summed E-state index contributed by atoms with van der Waals surface area (Å²) in [5, 5.41) is 3.83. The van der Waals surface area contributed by atoms with Gasteiger partial charge in [0, 0.05) is 19.0 Å². The van der Waals surface area contributed by atoms with Crippen LogP contribution < -0.4 is 0 Å². The Bertz CT molecular complexity index is 318. The lowest BCUT2D eigenvalue weighted by Crippen LogP contribution is -2.30. The van der Waals surface area contributed by atoms with Gasteiger partial charge in [-0.25, -0.2) is 0 Å². The van der Waals surface area contributed by atoms with Crippen LogP contribution >= 0.6 is 0 Å². The van der Waals surface area contributed by atoms with Crippen LogP contribution in [0.3, 0.4) is 0 Å². The molecule has 0 saturated carbocycles. The van der Waals surface area contributed by atoms with Crippen molar-refractivity contribution in [3.8, 4) is 0 Å². The first-order valence-corrected chi connectivity index (χ1v) is 4.68. The minimum atomic E-state index is 0.0213. The standard InChI is InChI=1S/C10H16N2O2/c1-7(2)10(13)12(4)6-9-5-8(3)14-11-9/h5,7H,6H2,1-4H3. The Kier molecular flexibility index (Phi) is 3.28. The zero-order valence-electron chi connectivity index (χ0n) is 9.07. The number of hydrogen-bond acceptors (Lipinski definition) is 3. The molecule has 0 aliphatic heterocycles. The largest absolute Gasteiger partial charge is 0.361 e. The third-order valence-electron chi connectivity index (χ3n) is 1.95. The molecule has 0 unspecified atom stereocenters. The molecule has 1 rings (SSSR count). The summed E-state index contributed by atoms with van der Waals surface area (Å²) in [4.78, 5) is 13.2. The Balaban J connectivity index is 2.57. The average Bonchev–Trinajstić information content (AvgIpc) is 2.49. The summed E-state index contributed by atoms with van der Waals surface area (Å²) in [6.45, 7) is 6.11. The number of hydrogen-bond donors (Lipinski definition) is 0. The van der Waals surface area contributed by atoms with Gasteiger partial charge in [0.25, 0.3) is 0 Å². The molecule has 0 radical (unpaired) electrons. The van der Waals surface area contributed by atoms with Crippen LogP contribution in [0.1, 0.15) is 25.3 Å². The van der Waals surface area contributed by atoms with E-state index in [4.69, 9.17) is 4.52 Å². The van der Waals surface area contributed by atoms with E-state index >= 15 is 0 Å². The van der Waals surface area contributed by atoms with E-state index in [9.17, 15) is 4.79 Å². The summed E-state index contributed by atoms with van der Waals surface area (Å²) in [6, 6.07) is 1.84. The second kappa shape index (κ2) is 4.26. The Hall–Kier alpha value is -1.32. The number of rotatable bonds is 3. The van der Waals surface area contributed by atoms with Crippen LogP contribution in [0.4, 0.5) is 0 Å². The zero-order valence-corrected chi connectivity index (χ0v) is 9.07. The second-order valence-corrected chi connectivity index (χ2v) is 3.78. The molecule has 0 N–H and O–H groups in total. The number of aromatic nitrogens is 1. The fraction of sp³-hybridized carbons (Fsp3) is 0.600. The molecule has 0 aliphatic carbocycles. The monoisotopic (exact) mass is 196 g/mol. The van der Waals surface area contributed by atoms with Gasteiger partial charge in [-0.3, -0.25) is 4.79 Å². The number of amides is 1. The van der Waals surface area contributed by atoms with Crippen LogP contribution in [0.25, 0.3) is 0 Å². The Labute approximate surface area is 83.9 Å². The molecule has 14 heavy (non-hydrogen) atoms. The third-order valence-corrected chi connectivity index (χ3v) is 1.95. The maximum absolute atomic E-state index is 11.5. The molecule has 0 saturated heterocycles. The van der Waals surface area contributed by atoms with Crippen LogP contribution in [0, 0.1) is 12.8 Å². The molecule has 4 heteroatoms. The van der Waals surface area contributed by atoms with Gasteiger partial charge in [-0.1, -0.05) is 19.0 Å². The Morgan fingerprint density at radius 3 is 2.71 bits per heavy atom. The zero-order chi connectivity index (χ0) is 10.7. The first-order chi connectivity index (χ1) is 6.50. The smallest absolute Gasteiger partial charge is 0.225 e. The van der Waals surface area contributed by atoms with E-state index in [1.807, 2.05) is 26.8 Å². The van der Waals surface area contributed by atoms with Crippen molar-refractivity contribution in [1.82, 2.24) is 10.1 Å². The van der Waals surface area contributed by atoms with Gasteiger partial charge in [-0.05, 0) is 6.92 Å². The summed E-state index contributed by atoms with van der Waals surface area (Å²) in [5.74, 6) is 0.907. The number of aryl methyl sites for hydroxylation is 1. The molecular formula is C10H16N2O2. The van der Waals surface area contributed by atoms with Gasteiger partial charge in [0.1, 0.15) is 11.5 Å². The lowest BCUT2D eigenvalue weighted by molar-refractivity contribution is -0.133. The van der Waals surface area contributed by atoms with Crippen molar-refractivity contribution in [2.75, 3.05) is 7.05 Å². The van der Waals surface area contributed by atoms with Gasteiger partial charge in [0.15, 0.2) is 0 Å². The van der Waals surface area contributed by atoms with E-state index in [1.165, 1.54) is 0 Å². The minimum Gasteiger partial charge on any atom is -0.361 e. The third kappa shape index (κ3) is 2.58. The topological polar surface area (TPSA) is 46.3 Å². The average molecular weight is 196 g/mol. The molecule has 1 heterocycles. The first-order valence-electron chi connectivity index (χ1n) is 4.68. The Morgan fingerprint density at radius 1 is 1.64 bits per heavy atom. The molecule has 1 aromatic heterocycles. The predicted octanol–water partition coefficient (Wildman–Crippen LogP) is 1.60. The normalized spacial score (nSPS) is 10.6. The van der Waals surface area contributed by atoms with Crippen molar-refractivity contribution in [2.45, 2.75) is 27.3 Å². The lowest BCUT2D eigenvalue weighted by Gasteiger charge is -2.17. The highest BCUT2D eigenvalue weighted by atomic mass is 16.5. The van der Waals surface area contributed by atoms with Gasteiger partial charge >= 0.3 is 0 Å². The van der Waals surface area contributed by atoms with Crippen molar-refractivity contribution in [2.24, 2.45) is 5.92 Å². The van der Waals surface area contributed by atoms with Crippen LogP contribution in [0.2, 0.25) is 0 Å². The molecule has 4 nitrogen and oxygen atoms in total. The van der Waals surface area contributed by atoms with Crippen LogP contribution in [0.15, 0.2) is 10.6 Å². The molecule has 0 aliphatic rings. The van der Waals surface area contributed by atoms with E-state index in [0.29, 0.717) is 6.54 Å². The maximum Gasteiger partial charge on any atom is 0.225 e. The molecular weight excluding hydrogens is 180 g/mol. The number of carbonyl (C=O) groups is 1. The molecule has 0 bridgehead atoms. The summed E-state index contributed by atoms with van der Waals surface area (Å²) >= 11 is 0. The van der Waals surface area contributed by atoms with E-state index in [-0.39, 0.29) is 11.8 Å². The molecule has 1 amide bonds. The van der Waals surface area contributed by atoms with E-state index in [2.05, 4.69) is 5.16 Å². The summed E-state index contributed by atoms with van der Waals surface area (Å²) in [5.41, 5.74) is 0.791. The first kappa shape index (κ1) is 10.8. The highest BCUT2D eigenvalue weighted by Crippen LogP contribution is 2.07. The van der Waals surface area contributed by atoms with Gasteiger partial charge < -0.3 is 9.42 Å². The van der Waals surface area contributed by atoms with Gasteiger partial charge in [-0.2, -0.15) is 0 Å². The molecule has 1 aromatic rings. The van der Waals surface area contributed by atoms with E-state index < -0.39 is 0 Å². The van der Waals surface area contributed by atoms with Crippen molar-refractivity contribution < 1.29 is 9.32 Å². The van der Waals surface area contributed by atoms with E-state index in [0.717, 1.165) is 11.5 Å². The van der Waals surface area contributed by atoms with Crippen LogP contribution in [0.5, 0.6) is 0 Å². The van der Waals surface area contributed by atoms with Crippen molar-refractivity contribution >= 4 is 5.91 Å². The van der Waals surface area contributed by atoms with Gasteiger partial charge in [-0.15, -0.1) is 0 Å². The number of carbonyl (C=O) groups excluding carboxylic acids is 1. The molecule has 78 valence electrons. The number of nitrogens with zero attached hydrogens (tertiary/aromatic N) is 2. The summed E-state index contributed by atoms with van der Waals surface area (Å²) < 4.78 is 4.92. The fourth-order valence-electron chi connectivity index (χ4n) is 1.25. The highest BCUT2D eigenvalue weighted by molar-refractivity contribution is 5.77. The summed E-state index contributed by atoms with van der Waals surface area (Å²) in [6.07, 6.45) is 0. The Morgan fingerprint density at radius 2 is 2.29 bits per heavy atom. The second-order valence-electron chi connectivity index (χ2n) is 3.78. The van der Waals surface area contributed by atoms with Gasteiger partial charge in [0.2, 0.25) is 5.91 Å². The fourth-order valence-corrected chi connectivity index (χ4v) is 1.25. The maximum atomic E-state index is 11.5. The van der Waals surface area contributed by atoms with Crippen molar-refractivity contribution in [1.29, 1.82) is 0 Å². The lowest BCUT2D eigenvalue weighted by atomic mass is 10.2. The van der Waals surface area contributed by atoms with Gasteiger partial charge in [0.05, 0.1) is 6.54 Å². The molecule has 0 fully saturated rings. The van der Waals surface area contributed by atoms with Crippen molar-refractivity contribution in [3.05, 3.63) is 17.5 Å². The van der Waals surface area contributed by atoms with Crippen molar-refractivity contribution in [3.63, 3.8) is 0 Å². The van der Waals surface area contributed by atoms with Crippen LogP contribution in [-0.2, 0) is 11.3 Å². The van der Waals surface area contributed by atoms with E-state index in [1.54, 1.807) is 11.9 Å². The quantitative estimate of drug-likeness (QED) is 0.737. The summed E-state index contributed by atoms with van der Waals surface area (Å²) in [7, 11) is 1.77. The predicted molar refractivity (Wildman–Crippen MR) is 52.6 cm³/mol. The highest BCUT2D eigenvalue weighted by Gasteiger charge is 2.14. The molecule has 0 aromatic carbocycles. The SMILES string of the molecule is Cc1cc(CN(C)C(=O)C(C)C)no1.